The van der Waals surface area contributed by atoms with Crippen LogP contribution in [0.3, 0.4) is 0 Å². The van der Waals surface area contributed by atoms with Crippen LogP contribution in [-0.4, -0.2) is 42.5 Å². The quantitative estimate of drug-likeness (QED) is 0.788. The average Bonchev–Trinajstić information content (AvgIpc) is 2.86. The predicted molar refractivity (Wildman–Crippen MR) is 90.8 cm³/mol. The van der Waals surface area contributed by atoms with E-state index in [9.17, 15) is 13.2 Å². The molecule has 0 unspecified atom stereocenters. The summed E-state index contributed by atoms with van der Waals surface area (Å²) >= 11 is 0. The van der Waals surface area contributed by atoms with Gasteiger partial charge in [0.25, 0.3) is 0 Å². The molecule has 1 aromatic carbocycles. The maximum absolute atomic E-state index is 12.4. The summed E-state index contributed by atoms with van der Waals surface area (Å²) in [5.41, 5.74) is 1.91. The second-order valence-electron chi connectivity index (χ2n) is 5.59. The van der Waals surface area contributed by atoms with Gasteiger partial charge < -0.3 is 4.90 Å². The molecule has 0 spiro atoms. The Kier molecular flexibility index (Phi) is 5.74. The highest BCUT2D eigenvalue weighted by Gasteiger charge is 2.22. The van der Waals surface area contributed by atoms with E-state index in [1.807, 2.05) is 30.3 Å². The Bertz CT molecular complexity index is 780. The molecule has 0 aliphatic carbocycles. The molecule has 0 fully saturated rings. The zero-order valence-corrected chi connectivity index (χ0v) is 14.9. The van der Waals surface area contributed by atoms with Crippen molar-refractivity contribution in [2.75, 3.05) is 13.1 Å². The number of nitrogens with zero attached hydrogens (tertiary/aromatic N) is 2. The lowest BCUT2D eigenvalue weighted by molar-refractivity contribution is -0.129. The van der Waals surface area contributed by atoms with Gasteiger partial charge in [-0.05, 0) is 19.4 Å². The van der Waals surface area contributed by atoms with Gasteiger partial charge in [0.1, 0.15) is 4.90 Å². The van der Waals surface area contributed by atoms with Crippen molar-refractivity contribution in [2.24, 2.45) is 0 Å². The van der Waals surface area contributed by atoms with Crippen LogP contribution in [0.25, 0.3) is 0 Å². The number of amides is 1. The number of aromatic amines is 1. The number of carbonyl (C=O) groups is 1. The third-order valence-corrected chi connectivity index (χ3v) is 5.39. The van der Waals surface area contributed by atoms with Gasteiger partial charge in [-0.15, -0.1) is 0 Å². The van der Waals surface area contributed by atoms with Gasteiger partial charge in [0, 0.05) is 26.6 Å². The minimum atomic E-state index is -3.65. The highest BCUT2D eigenvalue weighted by Crippen LogP contribution is 2.16. The Balaban J connectivity index is 1.99. The Morgan fingerprint density at radius 3 is 2.46 bits per heavy atom. The fourth-order valence-electron chi connectivity index (χ4n) is 2.48. The molecular formula is C16H22N4O3S. The first kappa shape index (κ1) is 18.2. The zero-order valence-electron chi connectivity index (χ0n) is 14.0. The highest BCUT2D eigenvalue weighted by molar-refractivity contribution is 7.89. The highest BCUT2D eigenvalue weighted by atomic mass is 32.2. The van der Waals surface area contributed by atoms with E-state index in [0.29, 0.717) is 24.5 Å². The van der Waals surface area contributed by atoms with Crippen molar-refractivity contribution in [3.63, 3.8) is 0 Å². The molecule has 0 atom stereocenters. The minimum Gasteiger partial charge on any atom is -0.337 e. The summed E-state index contributed by atoms with van der Waals surface area (Å²) in [7, 11) is -3.65. The summed E-state index contributed by atoms with van der Waals surface area (Å²) in [6.45, 7) is 5.64. The normalized spacial score (nSPS) is 11.5. The first-order valence-electron chi connectivity index (χ1n) is 7.62. The number of aryl methyl sites for hydroxylation is 2. The van der Waals surface area contributed by atoms with E-state index < -0.39 is 10.0 Å². The van der Waals surface area contributed by atoms with Crippen LogP contribution in [0.2, 0.25) is 0 Å². The largest absolute Gasteiger partial charge is 0.337 e. The Morgan fingerprint density at radius 1 is 1.25 bits per heavy atom. The molecule has 8 heteroatoms. The lowest BCUT2D eigenvalue weighted by atomic mass is 10.2. The molecule has 0 aliphatic heterocycles. The monoisotopic (exact) mass is 350 g/mol. The fraction of sp³-hybridized carbons (Fsp3) is 0.375. The lowest BCUT2D eigenvalue weighted by Crippen LogP contribution is -2.37. The summed E-state index contributed by atoms with van der Waals surface area (Å²) in [5.74, 6) is -0.103. The van der Waals surface area contributed by atoms with Crippen molar-refractivity contribution in [2.45, 2.75) is 32.2 Å². The topological polar surface area (TPSA) is 95.2 Å². The number of H-pyrrole nitrogens is 1. The third kappa shape index (κ3) is 4.42. The molecule has 2 aromatic rings. The van der Waals surface area contributed by atoms with Crippen molar-refractivity contribution >= 4 is 15.9 Å². The summed E-state index contributed by atoms with van der Waals surface area (Å²) in [5, 5.41) is 6.56. The van der Waals surface area contributed by atoms with Crippen LogP contribution < -0.4 is 4.72 Å². The molecule has 24 heavy (non-hydrogen) atoms. The average molecular weight is 350 g/mol. The van der Waals surface area contributed by atoms with E-state index in [1.165, 1.54) is 6.92 Å². The summed E-state index contributed by atoms with van der Waals surface area (Å²) in [6.07, 6.45) is 0. The van der Waals surface area contributed by atoms with E-state index in [2.05, 4.69) is 14.9 Å². The number of hydrogen-bond acceptors (Lipinski definition) is 4. The van der Waals surface area contributed by atoms with Gasteiger partial charge in [-0.25, -0.2) is 13.1 Å². The fourth-order valence-corrected chi connectivity index (χ4v) is 3.86. The molecule has 130 valence electrons. The van der Waals surface area contributed by atoms with E-state index in [1.54, 1.807) is 18.7 Å². The van der Waals surface area contributed by atoms with Crippen molar-refractivity contribution in [1.29, 1.82) is 0 Å². The smallest absolute Gasteiger partial charge is 0.244 e. The van der Waals surface area contributed by atoms with E-state index in [-0.39, 0.29) is 17.3 Å². The van der Waals surface area contributed by atoms with Crippen molar-refractivity contribution < 1.29 is 13.2 Å². The van der Waals surface area contributed by atoms with Crippen LogP contribution >= 0.6 is 0 Å². The SMILES string of the molecule is CC(=O)N(CCNS(=O)(=O)c1c(C)n[nH]c1C)Cc1ccccc1. The van der Waals surface area contributed by atoms with E-state index in [0.717, 1.165) is 5.56 Å². The second kappa shape index (κ2) is 7.59. The standard InChI is InChI=1S/C16H22N4O3S/c1-12-16(13(2)19-18-12)24(22,23)17-9-10-20(14(3)21)11-15-7-5-4-6-8-15/h4-8,17H,9-11H2,1-3H3,(H,18,19). The molecule has 2 N–H and O–H groups in total. The first-order chi connectivity index (χ1) is 11.3. The number of rotatable bonds is 7. The Hall–Kier alpha value is -2.19. The molecule has 0 saturated carbocycles. The Morgan fingerprint density at radius 2 is 1.92 bits per heavy atom. The maximum Gasteiger partial charge on any atom is 0.244 e. The molecule has 0 bridgehead atoms. The molecule has 2 rings (SSSR count). The van der Waals surface area contributed by atoms with Gasteiger partial charge in [0.15, 0.2) is 0 Å². The van der Waals surface area contributed by atoms with Crippen LogP contribution in [0.4, 0.5) is 0 Å². The summed E-state index contributed by atoms with van der Waals surface area (Å²) in [6, 6.07) is 9.57. The third-order valence-electron chi connectivity index (χ3n) is 3.66. The van der Waals surface area contributed by atoms with Crippen molar-refractivity contribution in [3.8, 4) is 0 Å². The molecule has 7 nitrogen and oxygen atoms in total. The van der Waals surface area contributed by atoms with Crippen LogP contribution in [0.15, 0.2) is 35.2 Å². The van der Waals surface area contributed by atoms with Gasteiger partial charge in [-0.3, -0.25) is 9.89 Å². The van der Waals surface area contributed by atoms with E-state index in [4.69, 9.17) is 0 Å². The van der Waals surface area contributed by atoms with Crippen LogP contribution in [0.5, 0.6) is 0 Å². The lowest BCUT2D eigenvalue weighted by Gasteiger charge is -2.21. The minimum absolute atomic E-state index is 0.103. The van der Waals surface area contributed by atoms with Gasteiger partial charge >= 0.3 is 0 Å². The van der Waals surface area contributed by atoms with Crippen molar-refractivity contribution in [3.05, 3.63) is 47.3 Å². The summed E-state index contributed by atoms with van der Waals surface area (Å²) < 4.78 is 27.3. The van der Waals surface area contributed by atoms with Crippen LogP contribution in [-0.2, 0) is 21.4 Å². The summed E-state index contributed by atoms with van der Waals surface area (Å²) in [4.78, 5) is 13.5. The zero-order chi connectivity index (χ0) is 17.7. The molecule has 1 amide bonds. The number of benzene rings is 1. The molecular weight excluding hydrogens is 328 g/mol. The van der Waals surface area contributed by atoms with Crippen LogP contribution in [0, 0.1) is 13.8 Å². The van der Waals surface area contributed by atoms with Gasteiger partial charge in [0.2, 0.25) is 15.9 Å². The number of hydrogen-bond donors (Lipinski definition) is 2. The number of carbonyl (C=O) groups excluding carboxylic acids is 1. The van der Waals surface area contributed by atoms with Gasteiger partial charge in [-0.1, -0.05) is 30.3 Å². The van der Waals surface area contributed by atoms with Gasteiger partial charge in [0.05, 0.1) is 11.4 Å². The number of nitrogens with one attached hydrogen (secondary N) is 2. The maximum atomic E-state index is 12.4. The molecule has 1 aromatic heterocycles. The molecule has 0 aliphatic rings. The van der Waals surface area contributed by atoms with Crippen LogP contribution in [0.1, 0.15) is 23.9 Å². The van der Waals surface area contributed by atoms with E-state index >= 15 is 0 Å². The Labute approximate surface area is 142 Å². The molecule has 0 saturated heterocycles. The second-order valence-corrected chi connectivity index (χ2v) is 7.29. The number of aromatic nitrogens is 2. The van der Waals surface area contributed by atoms with Crippen molar-refractivity contribution in [1.82, 2.24) is 19.8 Å². The molecule has 1 heterocycles. The first-order valence-corrected chi connectivity index (χ1v) is 9.10. The molecule has 0 radical (unpaired) electrons. The predicted octanol–water partition coefficient (Wildman–Crippen LogP) is 1.35. The number of sulfonamides is 1. The van der Waals surface area contributed by atoms with Gasteiger partial charge in [-0.2, -0.15) is 5.10 Å².